The van der Waals surface area contributed by atoms with Gasteiger partial charge in [-0.2, -0.15) is 5.10 Å². The summed E-state index contributed by atoms with van der Waals surface area (Å²) >= 11 is 1.67. The van der Waals surface area contributed by atoms with E-state index in [4.69, 9.17) is 5.73 Å². The van der Waals surface area contributed by atoms with Gasteiger partial charge < -0.3 is 10.6 Å². The summed E-state index contributed by atoms with van der Waals surface area (Å²) in [5.41, 5.74) is 7.33. The van der Waals surface area contributed by atoms with Crippen molar-refractivity contribution in [1.82, 2.24) is 5.01 Å². The maximum Gasteiger partial charge on any atom is 0.277 e. The van der Waals surface area contributed by atoms with E-state index in [-0.39, 0.29) is 11.7 Å². The van der Waals surface area contributed by atoms with Gasteiger partial charge in [-0.25, -0.2) is 5.01 Å². The molecule has 0 saturated carbocycles. The van der Waals surface area contributed by atoms with Crippen LogP contribution in [0.25, 0.3) is 0 Å². The highest BCUT2D eigenvalue weighted by Crippen LogP contribution is 2.44. The highest BCUT2D eigenvalue weighted by atomic mass is 32.2. The fourth-order valence-corrected chi connectivity index (χ4v) is 3.18. The van der Waals surface area contributed by atoms with Crippen LogP contribution in [0.3, 0.4) is 0 Å². The number of allylic oxidation sites excluding steroid dienone is 2. The summed E-state index contributed by atoms with van der Waals surface area (Å²) in [6.45, 7) is 0. The fourth-order valence-electron chi connectivity index (χ4n) is 2.12. The third kappa shape index (κ3) is 1.98. The molecule has 0 atom stereocenters. The topological polar surface area (TPSA) is 61.9 Å². The van der Waals surface area contributed by atoms with Crippen LogP contribution in [0.1, 0.15) is 0 Å². The lowest BCUT2D eigenvalue weighted by atomic mass is 10.2. The number of hydrazone groups is 1. The third-order valence-electron chi connectivity index (χ3n) is 3.22. The lowest BCUT2D eigenvalue weighted by molar-refractivity contribution is -0.124. The van der Waals surface area contributed by atoms with Crippen molar-refractivity contribution in [3.63, 3.8) is 0 Å². The minimum atomic E-state index is -0.178. The molecule has 3 rings (SSSR count). The second-order valence-corrected chi connectivity index (χ2v) is 5.59. The summed E-state index contributed by atoms with van der Waals surface area (Å²) < 4.78 is 0. The molecule has 0 saturated heterocycles. The van der Waals surface area contributed by atoms with Crippen molar-refractivity contribution in [3.8, 4) is 0 Å². The van der Waals surface area contributed by atoms with Gasteiger partial charge in [-0.1, -0.05) is 23.9 Å². The first-order valence-corrected chi connectivity index (χ1v) is 6.94. The molecule has 2 aliphatic rings. The van der Waals surface area contributed by atoms with Crippen molar-refractivity contribution in [2.45, 2.75) is 4.90 Å². The van der Waals surface area contributed by atoms with Crippen molar-refractivity contribution in [2.75, 3.05) is 19.0 Å². The van der Waals surface area contributed by atoms with Crippen LogP contribution in [0.5, 0.6) is 0 Å². The van der Waals surface area contributed by atoms with Crippen LogP contribution >= 0.6 is 11.8 Å². The second kappa shape index (κ2) is 4.72. The van der Waals surface area contributed by atoms with E-state index < -0.39 is 0 Å². The number of likely N-dealkylation sites (N-methyl/N-ethyl adjacent to an activating group) is 1. The number of para-hydroxylation sites is 1. The van der Waals surface area contributed by atoms with E-state index in [1.165, 1.54) is 15.6 Å². The highest BCUT2D eigenvalue weighted by molar-refractivity contribution is 8.03. The predicted octanol–water partition coefficient (Wildman–Crippen LogP) is 1.74. The largest absolute Gasteiger partial charge is 0.382 e. The molecule has 1 aromatic carbocycles. The molecule has 102 valence electrons. The predicted molar refractivity (Wildman–Crippen MR) is 81.3 cm³/mol. The fraction of sp³-hybridized carbons (Fsp3) is 0.143. The Morgan fingerprint density at radius 1 is 1.25 bits per heavy atom. The standard InChI is InChI=1S/C14H14N4OS/c1-17-10-5-3-4-6-11(10)20-12(17)8-7-9-13(15)16-18(2)14(9)19/h3-8H,1-2H3,(H2,15,16)/b9-7+,12-8+. The first kappa shape index (κ1) is 12.8. The van der Waals surface area contributed by atoms with E-state index in [9.17, 15) is 4.79 Å². The number of hydrogen-bond donors (Lipinski definition) is 1. The SMILES string of the molecule is CN1N=C(N)/C(=C\C=C2\Sc3ccccc3N2C)C1=O. The molecule has 0 fully saturated rings. The number of hydrogen-bond acceptors (Lipinski definition) is 5. The van der Waals surface area contributed by atoms with Gasteiger partial charge in [0, 0.05) is 19.0 Å². The Morgan fingerprint density at radius 3 is 2.65 bits per heavy atom. The molecule has 0 aliphatic carbocycles. The van der Waals surface area contributed by atoms with E-state index in [1.807, 2.05) is 25.3 Å². The number of anilines is 1. The number of nitrogens with zero attached hydrogens (tertiary/aromatic N) is 3. The molecule has 1 aromatic rings. The summed E-state index contributed by atoms with van der Waals surface area (Å²) in [6.07, 6.45) is 3.63. The first-order valence-electron chi connectivity index (χ1n) is 6.13. The molecule has 1 amide bonds. The van der Waals surface area contributed by atoms with Gasteiger partial charge in [0.1, 0.15) is 0 Å². The maximum atomic E-state index is 11.8. The lowest BCUT2D eigenvalue weighted by Crippen LogP contribution is -2.18. The Morgan fingerprint density at radius 2 is 2.00 bits per heavy atom. The van der Waals surface area contributed by atoms with Crippen LogP contribution in [0, 0.1) is 0 Å². The maximum absolute atomic E-state index is 11.8. The number of thioether (sulfide) groups is 1. The number of nitrogens with two attached hydrogens (primary N) is 1. The minimum Gasteiger partial charge on any atom is -0.382 e. The molecule has 2 aliphatic heterocycles. The van der Waals surface area contributed by atoms with E-state index in [0.717, 1.165) is 5.03 Å². The van der Waals surface area contributed by atoms with Crippen molar-refractivity contribution < 1.29 is 4.79 Å². The van der Waals surface area contributed by atoms with Crippen LogP contribution in [-0.4, -0.2) is 30.8 Å². The summed E-state index contributed by atoms with van der Waals surface area (Å²) in [5, 5.41) is 6.22. The number of amides is 1. The number of fused-ring (bicyclic) bond motifs is 1. The molecule has 5 nitrogen and oxygen atoms in total. The monoisotopic (exact) mass is 286 g/mol. The summed E-state index contributed by atoms with van der Waals surface area (Å²) in [6, 6.07) is 8.17. The van der Waals surface area contributed by atoms with Crippen LogP contribution in [0.4, 0.5) is 5.69 Å². The van der Waals surface area contributed by atoms with Crippen molar-refractivity contribution in [2.24, 2.45) is 10.8 Å². The minimum absolute atomic E-state index is 0.178. The van der Waals surface area contributed by atoms with Gasteiger partial charge in [0.15, 0.2) is 5.84 Å². The van der Waals surface area contributed by atoms with Crippen molar-refractivity contribution in [1.29, 1.82) is 0 Å². The van der Waals surface area contributed by atoms with Crippen molar-refractivity contribution in [3.05, 3.63) is 47.0 Å². The molecule has 0 spiro atoms. The Labute approximate surface area is 121 Å². The Hall–Kier alpha value is -2.21. The Kier molecular flexibility index (Phi) is 3.02. The zero-order chi connectivity index (χ0) is 14.3. The average molecular weight is 286 g/mol. The molecular weight excluding hydrogens is 272 g/mol. The zero-order valence-electron chi connectivity index (χ0n) is 11.2. The third-order valence-corrected chi connectivity index (χ3v) is 4.41. The van der Waals surface area contributed by atoms with Gasteiger partial charge in [0.05, 0.1) is 16.3 Å². The van der Waals surface area contributed by atoms with Crippen LogP contribution < -0.4 is 10.6 Å². The Bertz CT molecular complexity index is 678. The molecule has 2 N–H and O–H groups in total. The molecule has 0 bridgehead atoms. The quantitative estimate of drug-likeness (QED) is 0.799. The van der Waals surface area contributed by atoms with Gasteiger partial charge in [0.2, 0.25) is 0 Å². The summed E-state index contributed by atoms with van der Waals surface area (Å²) in [4.78, 5) is 15.1. The van der Waals surface area contributed by atoms with E-state index >= 15 is 0 Å². The molecule has 0 unspecified atom stereocenters. The number of amidine groups is 1. The van der Waals surface area contributed by atoms with Gasteiger partial charge >= 0.3 is 0 Å². The molecule has 0 aromatic heterocycles. The lowest BCUT2D eigenvalue weighted by Gasteiger charge is -2.12. The zero-order valence-corrected chi connectivity index (χ0v) is 12.0. The highest BCUT2D eigenvalue weighted by Gasteiger charge is 2.25. The van der Waals surface area contributed by atoms with Crippen molar-refractivity contribution >= 4 is 29.2 Å². The normalized spacial score (nSPS) is 21.9. The molecule has 2 heterocycles. The van der Waals surface area contributed by atoms with Gasteiger partial charge in [0.25, 0.3) is 5.91 Å². The number of benzene rings is 1. The summed E-state index contributed by atoms with van der Waals surface area (Å²) in [5.74, 6) is 0.0834. The molecule has 20 heavy (non-hydrogen) atoms. The first-order chi connectivity index (χ1) is 9.58. The van der Waals surface area contributed by atoms with Gasteiger partial charge in [-0.3, -0.25) is 4.79 Å². The number of rotatable bonds is 1. The van der Waals surface area contributed by atoms with Crippen LogP contribution in [0.15, 0.2) is 57.0 Å². The van der Waals surface area contributed by atoms with Crippen LogP contribution in [-0.2, 0) is 4.79 Å². The number of carbonyl (C=O) groups excluding carboxylic acids is 1. The molecule has 6 heteroatoms. The van der Waals surface area contributed by atoms with E-state index in [0.29, 0.717) is 5.57 Å². The van der Waals surface area contributed by atoms with Gasteiger partial charge in [-0.15, -0.1) is 0 Å². The Balaban J connectivity index is 1.89. The van der Waals surface area contributed by atoms with Gasteiger partial charge in [-0.05, 0) is 24.3 Å². The molecular formula is C14H14N4OS. The molecule has 0 radical (unpaired) electrons. The van der Waals surface area contributed by atoms with E-state index in [1.54, 1.807) is 24.9 Å². The van der Waals surface area contributed by atoms with E-state index in [2.05, 4.69) is 22.1 Å². The second-order valence-electron chi connectivity index (χ2n) is 4.53. The summed E-state index contributed by atoms with van der Waals surface area (Å²) in [7, 11) is 3.60. The average Bonchev–Trinajstić information content (AvgIpc) is 2.87. The van der Waals surface area contributed by atoms with Crippen LogP contribution in [0.2, 0.25) is 0 Å². The smallest absolute Gasteiger partial charge is 0.277 e. The number of carbonyl (C=O) groups is 1.